The fourth-order valence-corrected chi connectivity index (χ4v) is 2.32. The van der Waals surface area contributed by atoms with Crippen LogP contribution in [0, 0.1) is 5.92 Å². The number of para-hydroxylation sites is 1. The first kappa shape index (κ1) is 14.6. The first-order chi connectivity index (χ1) is 10.6. The molecule has 6 nitrogen and oxygen atoms in total. The van der Waals surface area contributed by atoms with E-state index in [1.54, 1.807) is 24.1 Å². The van der Waals surface area contributed by atoms with Crippen molar-refractivity contribution < 1.29 is 9.90 Å². The largest absolute Gasteiger partial charge is 0.391 e. The molecule has 6 heteroatoms. The average molecular weight is 300 g/mol. The van der Waals surface area contributed by atoms with Crippen LogP contribution in [0.5, 0.6) is 0 Å². The minimum Gasteiger partial charge on any atom is -0.391 e. The highest BCUT2D eigenvalue weighted by Crippen LogP contribution is 2.32. The molecule has 1 aliphatic carbocycles. The van der Waals surface area contributed by atoms with Gasteiger partial charge in [0, 0.05) is 13.6 Å². The topological polar surface area (TPSA) is 70.4 Å². The zero-order valence-electron chi connectivity index (χ0n) is 12.5. The van der Waals surface area contributed by atoms with Gasteiger partial charge >= 0.3 is 6.03 Å². The zero-order valence-corrected chi connectivity index (χ0v) is 12.5. The maximum absolute atomic E-state index is 12.1. The number of aliphatic hydroxyl groups excluding tert-OH is 1. The Morgan fingerprint density at radius 1 is 1.45 bits per heavy atom. The number of anilines is 1. The Hall–Kier alpha value is -2.34. The number of rotatable bonds is 5. The summed E-state index contributed by atoms with van der Waals surface area (Å²) in [7, 11) is 1.68. The van der Waals surface area contributed by atoms with Crippen LogP contribution >= 0.6 is 0 Å². The van der Waals surface area contributed by atoms with E-state index < -0.39 is 6.10 Å². The van der Waals surface area contributed by atoms with Crippen molar-refractivity contribution in [1.29, 1.82) is 0 Å². The third kappa shape index (κ3) is 3.46. The summed E-state index contributed by atoms with van der Waals surface area (Å²) in [6.07, 6.45) is 5.05. The third-order valence-corrected chi connectivity index (χ3v) is 3.83. The van der Waals surface area contributed by atoms with E-state index in [2.05, 4.69) is 10.4 Å². The van der Waals surface area contributed by atoms with E-state index in [1.165, 1.54) is 4.90 Å². The average Bonchev–Trinajstić information content (AvgIpc) is 3.28. The van der Waals surface area contributed by atoms with Gasteiger partial charge in [-0.25, -0.2) is 9.48 Å². The molecule has 1 atom stereocenters. The van der Waals surface area contributed by atoms with Gasteiger partial charge in [0.2, 0.25) is 0 Å². The van der Waals surface area contributed by atoms with Crippen molar-refractivity contribution in [2.45, 2.75) is 18.9 Å². The Bertz CT molecular complexity index is 637. The lowest BCUT2D eigenvalue weighted by Crippen LogP contribution is -2.37. The molecule has 0 spiro atoms. The SMILES string of the molecule is CN(CC(O)C1CC1)C(=O)Nc1cnn(-c2ccccc2)c1. The maximum atomic E-state index is 12.1. The molecule has 22 heavy (non-hydrogen) atoms. The Morgan fingerprint density at radius 2 is 2.18 bits per heavy atom. The van der Waals surface area contributed by atoms with E-state index in [-0.39, 0.29) is 6.03 Å². The molecule has 0 saturated heterocycles. The molecule has 1 saturated carbocycles. The fourth-order valence-electron chi connectivity index (χ4n) is 2.32. The van der Waals surface area contributed by atoms with E-state index in [0.29, 0.717) is 18.2 Å². The van der Waals surface area contributed by atoms with Gasteiger partial charge in [0.15, 0.2) is 0 Å². The highest BCUT2D eigenvalue weighted by Gasteiger charge is 2.31. The van der Waals surface area contributed by atoms with Gasteiger partial charge in [-0.2, -0.15) is 5.10 Å². The van der Waals surface area contributed by atoms with Gasteiger partial charge in [-0.15, -0.1) is 0 Å². The first-order valence-corrected chi connectivity index (χ1v) is 7.44. The standard InChI is InChI=1S/C16H20N4O2/c1-19(11-15(21)12-7-8-12)16(22)18-13-9-17-20(10-13)14-5-3-2-4-6-14/h2-6,9-10,12,15,21H,7-8,11H2,1H3,(H,18,22). The van der Waals surface area contributed by atoms with Crippen molar-refractivity contribution in [1.82, 2.24) is 14.7 Å². The van der Waals surface area contributed by atoms with Crippen molar-refractivity contribution in [3.05, 3.63) is 42.7 Å². The van der Waals surface area contributed by atoms with Crippen LogP contribution in [-0.2, 0) is 0 Å². The first-order valence-electron chi connectivity index (χ1n) is 7.44. The van der Waals surface area contributed by atoms with E-state index in [0.717, 1.165) is 18.5 Å². The molecule has 1 aromatic heterocycles. The number of benzene rings is 1. The molecule has 0 bridgehead atoms. The van der Waals surface area contributed by atoms with Crippen LogP contribution in [0.2, 0.25) is 0 Å². The van der Waals surface area contributed by atoms with E-state index in [1.807, 2.05) is 30.3 Å². The van der Waals surface area contributed by atoms with Crippen LogP contribution in [0.15, 0.2) is 42.7 Å². The Balaban J connectivity index is 1.58. The van der Waals surface area contributed by atoms with E-state index in [4.69, 9.17) is 0 Å². The molecule has 3 rings (SSSR count). The van der Waals surface area contributed by atoms with Gasteiger partial charge in [-0.1, -0.05) is 18.2 Å². The van der Waals surface area contributed by atoms with Crippen molar-refractivity contribution in [3.8, 4) is 5.69 Å². The number of carbonyl (C=O) groups is 1. The molecule has 2 aromatic rings. The van der Waals surface area contributed by atoms with Crippen LogP contribution in [0.1, 0.15) is 12.8 Å². The molecule has 1 unspecified atom stereocenters. The molecule has 0 radical (unpaired) electrons. The van der Waals surface area contributed by atoms with Crippen molar-refractivity contribution in [2.75, 3.05) is 18.9 Å². The lowest BCUT2D eigenvalue weighted by molar-refractivity contribution is 0.117. The number of nitrogens with zero attached hydrogens (tertiary/aromatic N) is 3. The highest BCUT2D eigenvalue weighted by molar-refractivity contribution is 5.88. The predicted octanol–water partition coefficient (Wildman–Crippen LogP) is 2.11. The lowest BCUT2D eigenvalue weighted by atomic mass is 10.2. The molecule has 0 aliphatic heterocycles. The summed E-state index contributed by atoms with van der Waals surface area (Å²) < 4.78 is 1.70. The molecule has 2 amide bonds. The monoisotopic (exact) mass is 300 g/mol. The molecule has 116 valence electrons. The van der Waals surface area contributed by atoms with Crippen LogP contribution < -0.4 is 5.32 Å². The van der Waals surface area contributed by atoms with Gasteiger partial charge in [0.1, 0.15) is 0 Å². The Labute approximate surface area is 129 Å². The van der Waals surface area contributed by atoms with E-state index >= 15 is 0 Å². The van der Waals surface area contributed by atoms with Crippen LogP contribution in [0.25, 0.3) is 5.69 Å². The highest BCUT2D eigenvalue weighted by atomic mass is 16.3. The van der Waals surface area contributed by atoms with Gasteiger partial charge in [-0.05, 0) is 30.9 Å². The Kier molecular flexibility index (Phi) is 4.11. The molecular formula is C16H20N4O2. The van der Waals surface area contributed by atoms with Gasteiger partial charge in [0.05, 0.1) is 29.9 Å². The number of amides is 2. The maximum Gasteiger partial charge on any atom is 0.321 e. The van der Waals surface area contributed by atoms with Gasteiger partial charge in [0.25, 0.3) is 0 Å². The summed E-state index contributed by atoms with van der Waals surface area (Å²) in [5, 5.41) is 16.9. The second-order valence-electron chi connectivity index (χ2n) is 5.72. The zero-order chi connectivity index (χ0) is 15.5. The lowest BCUT2D eigenvalue weighted by Gasteiger charge is -2.20. The van der Waals surface area contributed by atoms with Crippen molar-refractivity contribution in [3.63, 3.8) is 0 Å². The number of carbonyl (C=O) groups excluding carboxylic acids is 1. The number of hydrogen-bond donors (Lipinski definition) is 2. The molecule has 2 N–H and O–H groups in total. The number of likely N-dealkylation sites (N-methyl/N-ethyl adjacent to an activating group) is 1. The molecular weight excluding hydrogens is 280 g/mol. The summed E-state index contributed by atoms with van der Waals surface area (Å²) in [5.74, 6) is 0.357. The minimum absolute atomic E-state index is 0.243. The van der Waals surface area contributed by atoms with Gasteiger partial charge in [-0.3, -0.25) is 0 Å². The number of aliphatic hydroxyl groups is 1. The molecule has 1 aromatic carbocycles. The number of aromatic nitrogens is 2. The van der Waals surface area contributed by atoms with Crippen molar-refractivity contribution >= 4 is 11.7 Å². The smallest absolute Gasteiger partial charge is 0.321 e. The number of hydrogen-bond acceptors (Lipinski definition) is 3. The quantitative estimate of drug-likeness (QED) is 0.888. The number of urea groups is 1. The second kappa shape index (κ2) is 6.19. The summed E-state index contributed by atoms with van der Waals surface area (Å²) in [5.41, 5.74) is 1.56. The van der Waals surface area contributed by atoms with Crippen LogP contribution in [0.3, 0.4) is 0 Å². The predicted molar refractivity (Wildman–Crippen MR) is 83.9 cm³/mol. The number of nitrogens with one attached hydrogen (secondary N) is 1. The van der Waals surface area contributed by atoms with Crippen LogP contribution in [-0.4, -0.2) is 45.5 Å². The second-order valence-corrected chi connectivity index (χ2v) is 5.72. The summed E-state index contributed by atoms with van der Waals surface area (Å²) in [6, 6.07) is 9.45. The minimum atomic E-state index is -0.428. The summed E-state index contributed by atoms with van der Waals surface area (Å²) >= 11 is 0. The molecule has 1 aliphatic rings. The Morgan fingerprint density at radius 3 is 2.86 bits per heavy atom. The van der Waals surface area contributed by atoms with E-state index in [9.17, 15) is 9.90 Å². The molecule has 1 heterocycles. The normalized spacial score (nSPS) is 15.4. The third-order valence-electron chi connectivity index (χ3n) is 3.83. The fraction of sp³-hybridized carbons (Fsp3) is 0.375. The van der Waals surface area contributed by atoms with Crippen LogP contribution in [0.4, 0.5) is 10.5 Å². The summed E-state index contributed by atoms with van der Waals surface area (Å²) in [6.45, 7) is 0.351. The van der Waals surface area contributed by atoms with Gasteiger partial charge < -0.3 is 15.3 Å². The van der Waals surface area contributed by atoms with Crippen molar-refractivity contribution in [2.24, 2.45) is 5.92 Å². The summed E-state index contributed by atoms with van der Waals surface area (Å²) in [4.78, 5) is 13.6. The molecule has 1 fully saturated rings.